The maximum Gasteiger partial charge on any atom is 0.472 e. The molecular weight excluding hydrogens is 870 g/mol. The van der Waals surface area contributed by atoms with Gasteiger partial charge in [-0.05, 0) is 109 Å². The van der Waals surface area contributed by atoms with E-state index in [4.69, 9.17) is 24.3 Å². The van der Waals surface area contributed by atoms with E-state index >= 15 is 0 Å². The van der Waals surface area contributed by atoms with Crippen molar-refractivity contribution in [3.8, 4) is 0 Å². The van der Waals surface area contributed by atoms with Crippen molar-refractivity contribution >= 4 is 19.8 Å². The fourth-order valence-electron chi connectivity index (χ4n) is 6.41. The highest BCUT2D eigenvalue weighted by Gasteiger charge is 2.26. The van der Waals surface area contributed by atoms with Gasteiger partial charge in [-0.15, -0.1) is 0 Å². The lowest BCUT2D eigenvalue weighted by Crippen LogP contribution is -2.29. The molecule has 384 valence electrons. The van der Waals surface area contributed by atoms with E-state index in [1.165, 1.54) is 12.8 Å². The van der Waals surface area contributed by atoms with Gasteiger partial charge in [0.05, 0.1) is 13.2 Å². The first-order chi connectivity index (χ1) is 33.3. The Morgan fingerprint density at radius 2 is 0.809 bits per heavy atom. The van der Waals surface area contributed by atoms with Crippen LogP contribution in [0.3, 0.4) is 0 Å². The number of phosphoric ester groups is 1. The zero-order chi connectivity index (χ0) is 49.5. The van der Waals surface area contributed by atoms with Gasteiger partial charge in [-0.3, -0.25) is 18.6 Å². The van der Waals surface area contributed by atoms with Crippen LogP contribution in [0.15, 0.2) is 134 Å². The average molecular weight is 964 g/mol. The van der Waals surface area contributed by atoms with Crippen molar-refractivity contribution in [3.05, 3.63) is 134 Å². The van der Waals surface area contributed by atoms with Gasteiger partial charge in [0.25, 0.3) is 0 Å². The van der Waals surface area contributed by atoms with Gasteiger partial charge in [0, 0.05) is 19.4 Å². The molecule has 2 unspecified atom stereocenters. The SMILES string of the molecule is CC/C=C\C/C=C\C/C=C\C/C=C\C/C=C\C/C=C\C/C=C\C/C=C\C/C=C\CCCCCCCC(=O)OC(COC(=O)CCCCCCC/C=C\C/C=C\CCCC)COP(=O)(O)OCCN. The highest BCUT2D eigenvalue weighted by atomic mass is 31.2. The van der Waals surface area contributed by atoms with Crippen LogP contribution in [0.25, 0.3) is 0 Å². The number of allylic oxidation sites excluding steroid dienone is 22. The Hall–Kier alpha value is -3.85. The molecule has 0 aromatic carbocycles. The third kappa shape index (κ3) is 51.5. The standard InChI is InChI=1S/C58H94NO8P/c1-3-5-7-9-11-13-15-17-19-20-21-22-23-24-25-26-27-28-29-30-31-32-33-34-35-36-37-39-41-43-45-47-49-51-58(61)67-56(55-66-68(62,63)65-53-52-59)54-64-57(60)50-48-46-44-42-40-38-18-16-14-12-10-8-6-4-2/h5,7,10-13,16-19,21-22,24-25,27-28,30-31,33-34,36-37,56H,3-4,6,8-9,14-15,20,23,26,29,32,35,38-55,59H2,1-2H3,(H,62,63)/b7-5-,12-10-,13-11-,18-16-,19-17-,22-21-,25-24-,28-27-,31-30-,34-33-,37-36-. The van der Waals surface area contributed by atoms with Gasteiger partial charge in [0.15, 0.2) is 6.10 Å². The van der Waals surface area contributed by atoms with Crippen molar-refractivity contribution in [1.29, 1.82) is 0 Å². The molecule has 3 N–H and O–H groups in total. The molecule has 0 heterocycles. The molecule has 0 aromatic heterocycles. The summed E-state index contributed by atoms with van der Waals surface area (Å²) in [4.78, 5) is 35.0. The van der Waals surface area contributed by atoms with Crippen molar-refractivity contribution in [1.82, 2.24) is 0 Å². The molecule has 2 atom stereocenters. The number of carbonyl (C=O) groups excluding carboxylic acids is 2. The monoisotopic (exact) mass is 964 g/mol. The van der Waals surface area contributed by atoms with Gasteiger partial charge < -0.3 is 20.1 Å². The minimum absolute atomic E-state index is 0.0403. The van der Waals surface area contributed by atoms with E-state index in [0.29, 0.717) is 12.8 Å². The van der Waals surface area contributed by atoms with Gasteiger partial charge in [-0.25, -0.2) is 4.57 Å². The van der Waals surface area contributed by atoms with Crippen molar-refractivity contribution in [2.24, 2.45) is 5.73 Å². The zero-order valence-electron chi connectivity index (χ0n) is 42.5. The van der Waals surface area contributed by atoms with Gasteiger partial charge in [0.2, 0.25) is 0 Å². The van der Waals surface area contributed by atoms with E-state index < -0.39 is 32.5 Å². The number of rotatable bonds is 47. The molecule has 0 aromatic rings. The molecule has 0 saturated carbocycles. The lowest BCUT2D eigenvalue weighted by Gasteiger charge is -2.19. The van der Waals surface area contributed by atoms with Crippen molar-refractivity contribution in [3.63, 3.8) is 0 Å². The second-order valence-corrected chi connectivity index (χ2v) is 18.1. The molecular formula is C58H94NO8P. The predicted molar refractivity (Wildman–Crippen MR) is 288 cm³/mol. The maximum atomic E-state index is 12.7. The number of carbonyl (C=O) groups is 2. The molecule has 0 spiro atoms. The van der Waals surface area contributed by atoms with Crippen LogP contribution in [0.5, 0.6) is 0 Å². The molecule has 0 aliphatic carbocycles. The van der Waals surface area contributed by atoms with Gasteiger partial charge in [-0.1, -0.05) is 199 Å². The minimum Gasteiger partial charge on any atom is -0.462 e. The molecule has 0 radical (unpaired) electrons. The number of ether oxygens (including phenoxy) is 2. The van der Waals surface area contributed by atoms with Crippen LogP contribution in [0, 0.1) is 0 Å². The third-order valence-corrected chi connectivity index (χ3v) is 11.3. The Morgan fingerprint density at radius 3 is 1.21 bits per heavy atom. The summed E-state index contributed by atoms with van der Waals surface area (Å²) in [6.45, 7) is 3.51. The molecule has 0 aliphatic heterocycles. The van der Waals surface area contributed by atoms with Gasteiger partial charge >= 0.3 is 19.8 Å². The van der Waals surface area contributed by atoms with E-state index in [9.17, 15) is 19.0 Å². The molecule has 0 saturated heterocycles. The van der Waals surface area contributed by atoms with Crippen LogP contribution in [-0.2, 0) is 32.7 Å². The second kappa shape index (κ2) is 52.5. The Kier molecular flexibility index (Phi) is 49.5. The molecule has 0 bridgehead atoms. The summed E-state index contributed by atoms with van der Waals surface area (Å²) in [5.74, 6) is -0.879. The largest absolute Gasteiger partial charge is 0.472 e. The fourth-order valence-corrected chi connectivity index (χ4v) is 7.17. The van der Waals surface area contributed by atoms with E-state index in [1.807, 2.05) is 0 Å². The van der Waals surface area contributed by atoms with Gasteiger partial charge in [0.1, 0.15) is 6.61 Å². The summed E-state index contributed by atoms with van der Waals surface area (Å²) in [6, 6.07) is 0. The van der Waals surface area contributed by atoms with E-state index in [-0.39, 0.29) is 32.6 Å². The highest BCUT2D eigenvalue weighted by molar-refractivity contribution is 7.47. The molecule has 9 nitrogen and oxygen atoms in total. The Bertz CT molecular complexity index is 1570. The molecule has 10 heteroatoms. The second-order valence-electron chi connectivity index (χ2n) is 16.7. The Morgan fingerprint density at radius 1 is 0.456 bits per heavy atom. The van der Waals surface area contributed by atoms with E-state index in [1.54, 1.807) is 0 Å². The van der Waals surface area contributed by atoms with Crippen LogP contribution in [0.2, 0.25) is 0 Å². The molecule has 0 amide bonds. The van der Waals surface area contributed by atoms with Crippen molar-refractivity contribution in [2.75, 3.05) is 26.4 Å². The van der Waals surface area contributed by atoms with Crippen LogP contribution >= 0.6 is 7.82 Å². The number of nitrogens with two attached hydrogens (primary N) is 1. The highest BCUT2D eigenvalue weighted by Crippen LogP contribution is 2.43. The first-order valence-electron chi connectivity index (χ1n) is 26.2. The van der Waals surface area contributed by atoms with E-state index in [2.05, 4.69) is 148 Å². The zero-order valence-corrected chi connectivity index (χ0v) is 43.4. The lowest BCUT2D eigenvalue weighted by molar-refractivity contribution is -0.161. The average Bonchev–Trinajstić information content (AvgIpc) is 3.33. The minimum atomic E-state index is -4.40. The quantitative estimate of drug-likeness (QED) is 0.0265. The van der Waals surface area contributed by atoms with Crippen LogP contribution < -0.4 is 5.73 Å². The van der Waals surface area contributed by atoms with Crippen LogP contribution in [-0.4, -0.2) is 49.3 Å². The summed E-state index contributed by atoms with van der Waals surface area (Å²) in [5, 5.41) is 0. The van der Waals surface area contributed by atoms with Gasteiger partial charge in [-0.2, -0.15) is 0 Å². The lowest BCUT2D eigenvalue weighted by atomic mass is 10.1. The maximum absolute atomic E-state index is 12.7. The number of hydrogen-bond acceptors (Lipinski definition) is 8. The van der Waals surface area contributed by atoms with Crippen molar-refractivity contribution in [2.45, 2.75) is 193 Å². The fraction of sp³-hybridized carbons (Fsp3) is 0.586. The number of esters is 2. The summed E-state index contributed by atoms with van der Waals surface area (Å²) in [6.07, 6.45) is 73.5. The smallest absolute Gasteiger partial charge is 0.462 e. The predicted octanol–water partition coefficient (Wildman–Crippen LogP) is 16.2. The van der Waals surface area contributed by atoms with Crippen LogP contribution in [0.4, 0.5) is 0 Å². The van der Waals surface area contributed by atoms with Crippen LogP contribution in [0.1, 0.15) is 187 Å². The van der Waals surface area contributed by atoms with E-state index in [0.717, 1.165) is 135 Å². The molecule has 0 fully saturated rings. The summed E-state index contributed by atoms with van der Waals surface area (Å²) >= 11 is 0. The molecule has 0 aliphatic rings. The summed E-state index contributed by atoms with van der Waals surface area (Å²) in [7, 11) is -4.40. The number of unbranched alkanes of at least 4 members (excludes halogenated alkanes) is 12. The topological polar surface area (TPSA) is 134 Å². The summed E-state index contributed by atoms with van der Waals surface area (Å²) < 4.78 is 32.9. The normalized spacial score (nSPS) is 14.2. The Balaban J connectivity index is 4.12. The molecule has 68 heavy (non-hydrogen) atoms. The molecule has 0 rings (SSSR count). The first kappa shape index (κ1) is 64.2. The number of phosphoric acid groups is 1. The Labute approximate surface area is 414 Å². The third-order valence-electron chi connectivity index (χ3n) is 10.3. The number of hydrogen-bond donors (Lipinski definition) is 2. The first-order valence-corrected chi connectivity index (χ1v) is 27.7. The summed E-state index contributed by atoms with van der Waals surface area (Å²) in [5.41, 5.74) is 5.36. The van der Waals surface area contributed by atoms with Crippen molar-refractivity contribution < 1.29 is 37.6 Å².